The third-order valence-corrected chi connectivity index (χ3v) is 3.39. The molecule has 2 rings (SSSR count). The average molecular weight is 281 g/mol. The number of benzene rings is 1. The summed E-state index contributed by atoms with van der Waals surface area (Å²) in [5, 5.41) is 17.7. The summed E-state index contributed by atoms with van der Waals surface area (Å²) >= 11 is 7.15. The lowest BCUT2D eigenvalue weighted by Crippen LogP contribution is -1.97. The molecule has 1 aromatic carbocycles. The Morgan fingerprint density at radius 2 is 2.17 bits per heavy atom. The van der Waals surface area contributed by atoms with Crippen molar-refractivity contribution in [3.63, 3.8) is 0 Å². The van der Waals surface area contributed by atoms with Gasteiger partial charge in [0.15, 0.2) is 0 Å². The number of nitrogens with zero attached hydrogens (tertiary/aromatic N) is 2. The van der Waals surface area contributed by atoms with Crippen molar-refractivity contribution in [1.29, 1.82) is 0 Å². The lowest BCUT2D eigenvalue weighted by molar-refractivity contribution is 0.0697. The first-order valence-corrected chi connectivity index (χ1v) is 6.26. The predicted octanol–water partition coefficient (Wildman–Crippen LogP) is 3.29. The number of aromatic carboxylic acids is 1. The summed E-state index contributed by atoms with van der Waals surface area (Å²) in [5.41, 5.74) is 1.09. The van der Waals surface area contributed by atoms with Gasteiger partial charge < -0.3 is 5.11 Å². The molecule has 1 heterocycles. The Bertz CT molecular complexity index is 604. The normalized spacial score (nSPS) is 10.3. The zero-order valence-electron chi connectivity index (χ0n) is 9.42. The Morgan fingerprint density at radius 3 is 2.83 bits per heavy atom. The number of halogens is 1. The van der Waals surface area contributed by atoms with Crippen LogP contribution in [0, 0.1) is 6.92 Å². The molecule has 0 unspecified atom stereocenters. The highest BCUT2D eigenvalue weighted by molar-refractivity contribution is 7.99. The maximum Gasteiger partial charge on any atom is 0.337 e. The number of carboxylic acid groups (broad SMARTS) is 1. The largest absolute Gasteiger partial charge is 0.478 e. The number of carboxylic acids is 1. The second-order valence-electron chi connectivity index (χ2n) is 3.62. The van der Waals surface area contributed by atoms with E-state index in [9.17, 15) is 4.79 Å². The van der Waals surface area contributed by atoms with Gasteiger partial charge in [-0.2, -0.15) is 5.10 Å². The fourth-order valence-corrected chi connectivity index (χ4v) is 2.43. The molecule has 0 atom stereocenters. The summed E-state index contributed by atoms with van der Waals surface area (Å²) in [6.45, 7) is 1.92. The molecule has 1 aromatic heterocycles. The first-order valence-electron chi connectivity index (χ1n) is 5.06. The second kappa shape index (κ2) is 5.37. The zero-order chi connectivity index (χ0) is 13.1. The van der Waals surface area contributed by atoms with Crippen LogP contribution in [-0.4, -0.2) is 21.3 Å². The minimum absolute atomic E-state index is 0.0854. The Hall–Kier alpha value is -1.59. The van der Waals surface area contributed by atoms with Gasteiger partial charge in [0.25, 0.3) is 0 Å². The molecule has 0 saturated carbocycles. The van der Waals surface area contributed by atoms with E-state index < -0.39 is 5.97 Å². The number of carbonyl (C=O) groups is 1. The molecule has 4 nitrogen and oxygen atoms in total. The highest BCUT2D eigenvalue weighted by Crippen LogP contribution is 2.29. The number of hydrogen-bond acceptors (Lipinski definition) is 4. The highest BCUT2D eigenvalue weighted by atomic mass is 35.5. The summed E-state index contributed by atoms with van der Waals surface area (Å²) in [7, 11) is 0. The van der Waals surface area contributed by atoms with Crippen molar-refractivity contribution < 1.29 is 9.90 Å². The van der Waals surface area contributed by atoms with Crippen molar-refractivity contribution >= 4 is 29.3 Å². The molecule has 18 heavy (non-hydrogen) atoms. The van der Waals surface area contributed by atoms with Gasteiger partial charge in [-0.3, -0.25) is 0 Å². The van der Waals surface area contributed by atoms with Crippen LogP contribution in [-0.2, 0) is 0 Å². The maximum absolute atomic E-state index is 11.0. The van der Waals surface area contributed by atoms with Crippen LogP contribution in [0.5, 0.6) is 0 Å². The van der Waals surface area contributed by atoms with E-state index in [-0.39, 0.29) is 10.6 Å². The van der Waals surface area contributed by atoms with E-state index in [4.69, 9.17) is 16.7 Å². The molecule has 0 radical (unpaired) electrons. The van der Waals surface area contributed by atoms with Crippen LogP contribution in [0.3, 0.4) is 0 Å². The maximum atomic E-state index is 11.0. The van der Waals surface area contributed by atoms with Crippen LogP contribution >= 0.6 is 23.4 Å². The van der Waals surface area contributed by atoms with Crippen LogP contribution in [0.2, 0.25) is 5.02 Å². The summed E-state index contributed by atoms with van der Waals surface area (Å²) < 4.78 is 0. The van der Waals surface area contributed by atoms with Crippen molar-refractivity contribution in [2.75, 3.05) is 0 Å². The Morgan fingerprint density at radius 1 is 1.39 bits per heavy atom. The summed E-state index contributed by atoms with van der Waals surface area (Å²) in [4.78, 5) is 11.7. The van der Waals surface area contributed by atoms with E-state index in [1.165, 1.54) is 17.8 Å². The van der Waals surface area contributed by atoms with Crippen molar-refractivity contribution in [1.82, 2.24) is 10.2 Å². The third kappa shape index (κ3) is 3.00. The van der Waals surface area contributed by atoms with E-state index in [0.29, 0.717) is 5.03 Å². The number of aromatic nitrogens is 2. The van der Waals surface area contributed by atoms with Gasteiger partial charge in [-0.25, -0.2) is 4.79 Å². The third-order valence-electron chi connectivity index (χ3n) is 2.16. The van der Waals surface area contributed by atoms with Crippen molar-refractivity contribution in [3.05, 3.63) is 46.6 Å². The van der Waals surface area contributed by atoms with Gasteiger partial charge in [-0.05, 0) is 36.8 Å². The van der Waals surface area contributed by atoms with E-state index in [2.05, 4.69) is 10.2 Å². The zero-order valence-corrected chi connectivity index (χ0v) is 11.0. The standard InChI is InChI=1S/C12H9ClN2O2S/c1-7-4-11(15-14-6-7)18-8-2-3-10(13)9(5-8)12(16)17/h2-6H,1H3,(H,16,17). The summed E-state index contributed by atoms with van der Waals surface area (Å²) in [6, 6.07) is 6.73. The Labute approximate surface area is 113 Å². The molecule has 0 aliphatic carbocycles. The van der Waals surface area contributed by atoms with Crippen LogP contribution in [0.4, 0.5) is 0 Å². The summed E-state index contributed by atoms with van der Waals surface area (Å²) in [6.07, 6.45) is 1.66. The molecule has 0 fully saturated rings. The van der Waals surface area contributed by atoms with Crippen LogP contribution < -0.4 is 0 Å². The van der Waals surface area contributed by atoms with Gasteiger partial charge >= 0.3 is 5.97 Å². The first kappa shape index (κ1) is 12.9. The summed E-state index contributed by atoms with van der Waals surface area (Å²) in [5.74, 6) is -1.04. The average Bonchev–Trinajstić information content (AvgIpc) is 2.31. The predicted molar refractivity (Wildman–Crippen MR) is 69.3 cm³/mol. The topological polar surface area (TPSA) is 63.1 Å². The van der Waals surface area contributed by atoms with Gasteiger partial charge in [-0.15, -0.1) is 5.10 Å². The van der Waals surface area contributed by atoms with E-state index in [1.807, 2.05) is 13.0 Å². The Kier molecular flexibility index (Phi) is 3.84. The lowest BCUT2D eigenvalue weighted by Gasteiger charge is -2.04. The monoisotopic (exact) mass is 280 g/mol. The molecular weight excluding hydrogens is 272 g/mol. The first-order chi connectivity index (χ1) is 8.56. The molecular formula is C12H9ClN2O2S. The number of aryl methyl sites for hydroxylation is 1. The fourth-order valence-electron chi connectivity index (χ4n) is 1.34. The number of hydrogen-bond donors (Lipinski definition) is 1. The molecule has 6 heteroatoms. The molecule has 92 valence electrons. The minimum atomic E-state index is -1.04. The van der Waals surface area contributed by atoms with Gasteiger partial charge in [0.1, 0.15) is 5.03 Å². The van der Waals surface area contributed by atoms with Crippen molar-refractivity contribution in [3.8, 4) is 0 Å². The van der Waals surface area contributed by atoms with Gasteiger partial charge in [0.05, 0.1) is 16.8 Å². The van der Waals surface area contributed by atoms with Crippen LogP contribution in [0.25, 0.3) is 0 Å². The van der Waals surface area contributed by atoms with Crippen molar-refractivity contribution in [2.24, 2.45) is 0 Å². The molecule has 0 aliphatic rings. The molecule has 0 aliphatic heterocycles. The van der Waals surface area contributed by atoms with Crippen molar-refractivity contribution in [2.45, 2.75) is 16.8 Å². The van der Waals surface area contributed by atoms with Crippen LogP contribution in [0.15, 0.2) is 40.4 Å². The van der Waals surface area contributed by atoms with Crippen LogP contribution in [0.1, 0.15) is 15.9 Å². The molecule has 1 N–H and O–H groups in total. The van der Waals surface area contributed by atoms with Gasteiger partial charge in [-0.1, -0.05) is 23.4 Å². The van der Waals surface area contributed by atoms with E-state index in [1.54, 1.807) is 18.3 Å². The smallest absolute Gasteiger partial charge is 0.337 e. The van der Waals surface area contributed by atoms with Gasteiger partial charge in [0.2, 0.25) is 0 Å². The molecule has 0 spiro atoms. The van der Waals surface area contributed by atoms with Gasteiger partial charge in [0, 0.05) is 4.90 Å². The Balaban J connectivity index is 2.30. The number of rotatable bonds is 3. The highest BCUT2D eigenvalue weighted by Gasteiger charge is 2.10. The molecule has 0 saturated heterocycles. The van der Waals surface area contributed by atoms with E-state index in [0.717, 1.165) is 10.5 Å². The minimum Gasteiger partial charge on any atom is -0.478 e. The second-order valence-corrected chi connectivity index (χ2v) is 5.12. The van der Waals surface area contributed by atoms with E-state index >= 15 is 0 Å². The quantitative estimate of drug-likeness (QED) is 0.935. The molecule has 0 amide bonds. The molecule has 2 aromatic rings. The molecule has 0 bridgehead atoms. The lowest BCUT2D eigenvalue weighted by atomic mass is 10.2. The SMILES string of the molecule is Cc1cnnc(Sc2ccc(Cl)c(C(=O)O)c2)c1. The fraction of sp³-hybridized carbons (Fsp3) is 0.0833.